The van der Waals surface area contributed by atoms with Crippen molar-refractivity contribution in [1.29, 1.82) is 0 Å². The number of nitrogens with zero attached hydrogens (tertiary/aromatic N) is 1. The lowest BCUT2D eigenvalue weighted by atomic mass is 9.95. The largest absolute Gasteiger partial charge is 0.492 e. The molecule has 0 saturated carbocycles. The van der Waals surface area contributed by atoms with Gasteiger partial charge in [0.15, 0.2) is 11.5 Å². The molecule has 0 aliphatic heterocycles. The Morgan fingerprint density at radius 3 is 2.20 bits per heavy atom. The van der Waals surface area contributed by atoms with Crippen LogP contribution in [0.2, 0.25) is 0 Å². The molecule has 0 aromatic carbocycles. The lowest BCUT2D eigenvalue weighted by Crippen LogP contribution is -2.29. The summed E-state index contributed by atoms with van der Waals surface area (Å²) in [6, 6.07) is -0.895. The van der Waals surface area contributed by atoms with Gasteiger partial charge in [-0.2, -0.15) is 0 Å². The van der Waals surface area contributed by atoms with Gasteiger partial charge in [-0.1, -0.05) is 13.8 Å². The van der Waals surface area contributed by atoms with Gasteiger partial charge in [0.05, 0.1) is 25.3 Å². The number of Topliss-reactive ketones (excluding diaryl/α,β-unsaturated/α-hetero) is 1. The van der Waals surface area contributed by atoms with Gasteiger partial charge in [-0.15, -0.1) is 0 Å². The van der Waals surface area contributed by atoms with Crippen molar-refractivity contribution < 1.29 is 33.4 Å². The minimum atomic E-state index is -0.895. The summed E-state index contributed by atoms with van der Waals surface area (Å²) in [7, 11) is 2.53. The highest BCUT2D eigenvalue weighted by Crippen LogP contribution is 2.35. The minimum absolute atomic E-state index is 0.0256. The van der Waals surface area contributed by atoms with Gasteiger partial charge < -0.3 is 18.8 Å². The molecule has 0 N–H and O–H groups in total. The van der Waals surface area contributed by atoms with Crippen molar-refractivity contribution in [2.45, 2.75) is 59.6 Å². The quantitative estimate of drug-likeness (QED) is 0.651. The molecule has 0 saturated heterocycles. The Morgan fingerprint density at radius 1 is 1.13 bits per heavy atom. The van der Waals surface area contributed by atoms with E-state index in [2.05, 4.69) is 0 Å². The molecule has 1 atom stereocenters. The average molecular weight is 419 g/mol. The van der Waals surface area contributed by atoms with E-state index in [9.17, 15) is 19.2 Å². The van der Waals surface area contributed by atoms with Crippen LogP contribution < -0.4 is 0 Å². The monoisotopic (exact) mass is 419 g/mol. The van der Waals surface area contributed by atoms with Crippen molar-refractivity contribution in [1.82, 2.24) is 4.57 Å². The van der Waals surface area contributed by atoms with Crippen LogP contribution in [0.1, 0.15) is 84.0 Å². The number of methoxy groups -OCH3 is 2. The summed E-state index contributed by atoms with van der Waals surface area (Å²) in [5.41, 5.74) is -0.688. The van der Waals surface area contributed by atoms with E-state index in [4.69, 9.17) is 14.2 Å². The predicted octanol–water partition coefficient (Wildman–Crippen LogP) is 3.42. The van der Waals surface area contributed by atoms with Crippen molar-refractivity contribution in [3.8, 4) is 0 Å². The number of allylic oxidation sites excluding steroid dienone is 2. The Bertz CT molecular complexity index is 928. The van der Waals surface area contributed by atoms with E-state index in [0.29, 0.717) is 6.42 Å². The number of carbonyl (C=O) groups is 4. The van der Waals surface area contributed by atoms with E-state index >= 15 is 0 Å². The molecule has 0 spiro atoms. The van der Waals surface area contributed by atoms with Gasteiger partial charge in [0.25, 0.3) is 0 Å². The number of hydrogen-bond acceptors (Lipinski definition) is 7. The molecular weight excluding hydrogens is 390 g/mol. The van der Waals surface area contributed by atoms with Crippen LogP contribution in [-0.2, 0) is 19.0 Å². The molecule has 0 bridgehead atoms. The zero-order valence-electron chi connectivity index (χ0n) is 18.7. The van der Waals surface area contributed by atoms with Crippen LogP contribution in [0.4, 0.5) is 0 Å². The molecule has 1 heterocycles. The molecule has 1 aromatic rings. The molecule has 0 unspecified atom stereocenters. The van der Waals surface area contributed by atoms with Crippen LogP contribution in [0, 0.1) is 12.8 Å². The van der Waals surface area contributed by atoms with Crippen LogP contribution in [0.5, 0.6) is 0 Å². The molecule has 8 heteroatoms. The third-order valence-corrected chi connectivity index (χ3v) is 4.70. The summed E-state index contributed by atoms with van der Waals surface area (Å²) >= 11 is 0. The van der Waals surface area contributed by atoms with Gasteiger partial charge in [0.2, 0.25) is 5.78 Å². The second kappa shape index (κ2) is 8.45. The van der Waals surface area contributed by atoms with E-state index in [0.717, 1.165) is 6.08 Å². The van der Waals surface area contributed by atoms with Crippen molar-refractivity contribution in [3.05, 3.63) is 34.3 Å². The highest BCUT2D eigenvalue weighted by atomic mass is 16.6. The zero-order valence-corrected chi connectivity index (χ0v) is 18.7. The Kier molecular flexibility index (Phi) is 6.59. The highest BCUT2D eigenvalue weighted by molar-refractivity contribution is 6.26. The average Bonchev–Trinajstić information content (AvgIpc) is 2.94. The van der Waals surface area contributed by atoms with E-state index in [1.54, 1.807) is 27.7 Å². The second-order valence-corrected chi connectivity index (χ2v) is 8.63. The van der Waals surface area contributed by atoms with Crippen LogP contribution >= 0.6 is 0 Å². The number of ketones is 2. The van der Waals surface area contributed by atoms with Gasteiger partial charge in [0, 0.05) is 11.8 Å². The lowest BCUT2D eigenvalue weighted by Gasteiger charge is -2.23. The molecule has 164 valence electrons. The van der Waals surface area contributed by atoms with Crippen LogP contribution in [-0.4, -0.2) is 47.9 Å². The van der Waals surface area contributed by atoms with E-state index in [1.807, 2.05) is 13.8 Å². The summed E-state index contributed by atoms with van der Waals surface area (Å²) in [6.07, 6.45) is 1.40. The van der Waals surface area contributed by atoms with Crippen molar-refractivity contribution >= 4 is 23.5 Å². The van der Waals surface area contributed by atoms with Gasteiger partial charge >= 0.3 is 11.9 Å². The van der Waals surface area contributed by atoms with Gasteiger partial charge in [-0.3, -0.25) is 9.59 Å². The van der Waals surface area contributed by atoms with E-state index in [1.165, 1.54) is 18.8 Å². The topological polar surface area (TPSA) is 101 Å². The summed E-state index contributed by atoms with van der Waals surface area (Å²) in [6.45, 7) is 10.5. The number of esters is 2. The number of fused-ring (bicyclic) bond motifs is 1. The predicted molar refractivity (Wildman–Crippen MR) is 109 cm³/mol. The highest BCUT2D eigenvalue weighted by Gasteiger charge is 2.41. The Hall–Kier alpha value is -2.90. The zero-order chi connectivity index (χ0) is 23.0. The number of aromatic nitrogens is 1. The van der Waals surface area contributed by atoms with Crippen molar-refractivity contribution in [2.24, 2.45) is 5.92 Å². The standard InChI is InChI=1S/C22H29NO7/c1-11(2)9-13(20(26)29-8)23-12(3)16(21(27)30-22(4,5)6)17-14(24)10-15(28-7)19(25)18(17)23/h10-11,13H,9H2,1-8H3/t13-/m0/s1. The van der Waals surface area contributed by atoms with Crippen molar-refractivity contribution in [2.75, 3.05) is 14.2 Å². The minimum Gasteiger partial charge on any atom is -0.492 e. The Balaban J connectivity index is 2.85. The number of ether oxygens (including phenoxy) is 3. The first kappa shape index (κ1) is 23.4. The molecule has 1 aliphatic carbocycles. The summed E-state index contributed by atoms with van der Waals surface area (Å²) < 4.78 is 16.9. The summed E-state index contributed by atoms with van der Waals surface area (Å²) in [5, 5.41) is 0. The normalized spacial score (nSPS) is 14.9. The molecule has 0 radical (unpaired) electrons. The maximum absolute atomic E-state index is 13.1. The molecule has 0 fully saturated rings. The third-order valence-electron chi connectivity index (χ3n) is 4.70. The molecular formula is C22H29NO7. The van der Waals surface area contributed by atoms with E-state index < -0.39 is 35.1 Å². The molecule has 30 heavy (non-hydrogen) atoms. The molecule has 1 aliphatic rings. The second-order valence-electron chi connectivity index (χ2n) is 8.63. The SMILES string of the molecule is COC(=O)[C@H](CC(C)C)n1c(C)c(C(=O)OC(C)(C)C)c2c1C(=O)C(OC)=CC2=O. The van der Waals surface area contributed by atoms with Gasteiger partial charge in [-0.25, -0.2) is 9.59 Å². The summed E-state index contributed by atoms with van der Waals surface area (Å²) in [4.78, 5) is 51.6. The molecule has 1 aromatic heterocycles. The number of carbonyl (C=O) groups excluding carboxylic acids is 4. The molecule has 8 nitrogen and oxygen atoms in total. The lowest BCUT2D eigenvalue weighted by molar-refractivity contribution is -0.145. The van der Waals surface area contributed by atoms with Crippen LogP contribution in [0.25, 0.3) is 0 Å². The third kappa shape index (κ3) is 4.32. The van der Waals surface area contributed by atoms with Crippen LogP contribution in [0.15, 0.2) is 11.8 Å². The fourth-order valence-electron chi connectivity index (χ4n) is 3.55. The molecule has 0 amide bonds. The number of hydrogen-bond donors (Lipinski definition) is 0. The maximum Gasteiger partial charge on any atom is 0.341 e. The number of rotatable bonds is 6. The smallest absolute Gasteiger partial charge is 0.341 e. The fraction of sp³-hybridized carbons (Fsp3) is 0.545. The fourth-order valence-corrected chi connectivity index (χ4v) is 3.55. The summed E-state index contributed by atoms with van der Waals surface area (Å²) in [5.74, 6) is -2.54. The van der Waals surface area contributed by atoms with Crippen molar-refractivity contribution in [3.63, 3.8) is 0 Å². The first-order valence-corrected chi connectivity index (χ1v) is 9.74. The Morgan fingerprint density at radius 2 is 1.73 bits per heavy atom. The molecule has 2 rings (SSSR count). The van der Waals surface area contributed by atoms with Gasteiger partial charge in [0.1, 0.15) is 17.3 Å². The van der Waals surface area contributed by atoms with Crippen LogP contribution in [0.3, 0.4) is 0 Å². The Labute approximate surface area is 176 Å². The first-order valence-electron chi connectivity index (χ1n) is 9.74. The van der Waals surface area contributed by atoms with E-state index in [-0.39, 0.29) is 34.2 Å². The first-order chi connectivity index (χ1) is 13.8. The van der Waals surface area contributed by atoms with Gasteiger partial charge in [-0.05, 0) is 40.0 Å². The maximum atomic E-state index is 13.1.